The van der Waals surface area contributed by atoms with Crippen LogP contribution < -0.4 is 4.74 Å². The Morgan fingerprint density at radius 2 is 1.71 bits per heavy atom. The van der Waals surface area contributed by atoms with E-state index in [1.165, 1.54) is 0 Å². The lowest BCUT2D eigenvalue weighted by atomic mass is 10.3. The molecule has 0 saturated heterocycles. The van der Waals surface area contributed by atoms with Crippen LogP contribution in [0.4, 0.5) is 22.0 Å². The Kier molecular flexibility index (Phi) is 4.74. The summed E-state index contributed by atoms with van der Waals surface area (Å²) in [5, 5.41) is -0.583. The van der Waals surface area contributed by atoms with Gasteiger partial charge in [0.1, 0.15) is 5.75 Å². The first-order chi connectivity index (χ1) is 7.69. The van der Waals surface area contributed by atoms with Gasteiger partial charge >= 0.3 is 12.1 Å². The van der Waals surface area contributed by atoms with Crippen LogP contribution >= 0.6 is 35.0 Å². The SMILES string of the molecule is FC(F)Oc1cc(SC(F)(F)F)c(Cl)cc1Cl. The highest BCUT2D eigenvalue weighted by atomic mass is 35.5. The van der Waals surface area contributed by atoms with E-state index in [1.807, 2.05) is 0 Å². The molecule has 0 fully saturated rings. The third-order valence-electron chi connectivity index (χ3n) is 1.43. The molecule has 9 heteroatoms. The zero-order valence-electron chi connectivity index (χ0n) is 7.69. The fourth-order valence-electron chi connectivity index (χ4n) is 0.900. The van der Waals surface area contributed by atoms with Crippen molar-refractivity contribution in [1.29, 1.82) is 0 Å². The minimum absolute atomic E-state index is 0.290. The molecule has 1 rings (SSSR count). The summed E-state index contributed by atoms with van der Waals surface area (Å²) in [6.45, 7) is -3.18. The lowest BCUT2D eigenvalue weighted by molar-refractivity contribution is -0.0499. The van der Waals surface area contributed by atoms with Gasteiger partial charge in [0.2, 0.25) is 0 Å². The molecule has 0 unspecified atom stereocenters. The number of rotatable bonds is 3. The second-order valence-corrected chi connectivity index (χ2v) is 4.56. The first-order valence-corrected chi connectivity index (χ1v) is 5.46. The average Bonchev–Trinajstić information content (AvgIpc) is 2.10. The smallest absolute Gasteiger partial charge is 0.433 e. The number of alkyl halides is 5. The monoisotopic (exact) mass is 312 g/mol. The number of benzene rings is 1. The highest BCUT2D eigenvalue weighted by molar-refractivity contribution is 8.00. The zero-order valence-corrected chi connectivity index (χ0v) is 10.0. The van der Waals surface area contributed by atoms with Crippen LogP contribution in [0.2, 0.25) is 10.0 Å². The second kappa shape index (κ2) is 5.49. The van der Waals surface area contributed by atoms with Crippen LogP contribution in [-0.2, 0) is 0 Å². The molecule has 0 heterocycles. The van der Waals surface area contributed by atoms with Crippen molar-refractivity contribution in [3.63, 3.8) is 0 Å². The highest BCUT2D eigenvalue weighted by Crippen LogP contribution is 2.43. The first-order valence-electron chi connectivity index (χ1n) is 3.88. The van der Waals surface area contributed by atoms with Gasteiger partial charge in [-0.05, 0) is 23.9 Å². The molecule has 0 N–H and O–H groups in total. The lowest BCUT2D eigenvalue weighted by Crippen LogP contribution is -2.04. The van der Waals surface area contributed by atoms with E-state index < -0.39 is 34.5 Å². The molecule has 0 spiro atoms. The molecule has 0 saturated carbocycles. The van der Waals surface area contributed by atoms with Gasteiger partial charge in [-0.1, -0.05) is 23.2 Å². The second-order valence-electron chi connectivity index (χ2n) is 2.64. The predicted molar refractivity (Wildman–Crippen MR) is 55.0 cm³/mol. The topological polar surface area (TPSA) is 9.23 Å². The van der Waals surface area contributed by atoms with Crippen LogP contribution in [0.5, 0.6) is 5.75 Å². The summed E-state index contributed by atoms with van der Waals surface area (Å²) < 4.78 is 64.1. The van der Waals surface area contributed by atoms with Crippen molar-refractivity contribution in [2.75, 3.05) is 0 Å². The van der Waals surface area contributed by atoms with Gasteiger partial charge < -0.3 is 4.74 Å². The van der Waals surface area contributed by atoms with Gasteiger partial charge in [0.15, 0.2) is 0 Å². The summed E-state index contributed by atoms with van der Waals surface area (Å²) in [5.41, 5.74) is -4.58. The van der Waals surface area contributed by atoms with Crippen molar-refractivity contribution < 1.29 is 26.7 Å². The molecule has 96 valence electrons. The molecular formula is C8H3Cl2F5OS. The Balaban J connectivity index is 3.06. The minimum atomic E-state index is -4.58. The Hall–Kier alpha value is -0.400. The molecular weight excluding hydrogens is 310 g/mol. The molecule has 0 bridgehead atoms. The lowest BCUT2D eigenvalue weighted by Gasteiger charge is -2.11. The Bertz CT molecular complexity index is 410. The van der Waals surface area contributed by atoms with Crippen molar-refractivity contribution in [3.8, 4) is 5.75 Å². The maximum absolute atomic E-state index is 12.1. The molecule has 0 aliphatic rings. The fraction of sp³-hybridized carbons (Fsp3) is 0.250. The van der Waals surface area contributed by atoms with Crippen LogP contribution in [0.25, 0.3) is 0 Å². The van der Waals surface area contributed by atoms with E-state index in [9.17, 15) is 22.0 Å². The van der Waals surface area contributed by atoms with Crippen LogP contribution in [0, 0.1) is 0 Å². The molecule has 0 aliphatic heterocycles. The van der Waals surface area contributed by atoms with Crippen molar-refractivity contribution in [2.45, 2.75) is 17.0 Å². The number of halogens is 7. The Morgan fingerprint density at radius 3 is 2.18 bits per heavy atom. The number of ether oxygens (including phenoxy) is 1. The van der Waals surface area contributed by atoms with Gasteiger partial charge in [-0.2, -0.15) is 22.0 Å². The summed E-state index contributed by atoms with van der Waals surface area (Å²) in [4.78, 5) is -0.459. The standard InChI is InChI=1S/C8H3Cl2F5OS/c9-3-1-4(10)6(17-8(13,14)15)2-5(3)16-7(11)12/h1-2,7H. The summed E-state index contributed by atoms with van der Waals surface area (Å²) in [5.74, 6) is -0.558. The van der Waals surface area contributed by atoms with Crippen LogP contribution in [0.15, 0.2) is 17.0 Å². The Labute approximate surface area is 107 Å². The first kappa shape index (κ1) is 14.7. The van der Waals surface area contributed by atoms with E-state index in [0.29, 0.717) is 0 Å². The van der Waals surface area contributed by atoms with Gasteiger partial charge in [0.25, 0.3) is 0 Å². The van der Waals surface area contributed by atoms with Crippen LogP contribution in [0.3, 0.4) is 0 Å². The number of hydrogen-bond donors (Lipinski definition) is 0. The van der Waals surface area contributed by atoms with Gasteiger partial charge in [-0.3, -0.25) is 0 Å². The largest absolute Gasteiger partial charge is 0.446 e. The third kappa shape index (κ3) is 4.77. The van der Waals surface area contributed by atoms with Gasteiger partial charge in [0.05, 0.1) is 10.0 Å². The summed E-state index contributed by atoms with van der Waals surface area (Å²) in [6.07, 6.45) is 0. The summed E-state index contributed by atoms with van der Waals surface area (Å²) >= 11 is 10.4. The maximum atomic E-state index is 12.1. The Morgan fingerprint density at radius 1 is 1.12 bits per heavy atom. The molecule has 17 heavy (non-hydrogen) atoms. The molecule has 1 nitrogen and oxygen atoms in total. The van der Waals surface area contributed by atoms with E-state index >= 15 is 0 Å². The maximum Gasteiger partial charge on any atom is 0.446 e. The van der Waals surface area contributed by atoms with Crippen LogP contribution in [0.1, 0.15) is 0 Å². The average molecular weight is 313 g/mol. The van der Waals surface area contributed by atoms with E-state index in [1.54, 1.807) is 0 Å². The molecule has 0 aliphatic carbocycles. The van der Waals surface area contributed by atoms with Crippen molar-refractivity contribution in [3.05, 3.63) is 22.2 Å². The molecule has 0 amide bonds. The molecule has 0 aromatic heterocycles. The van der Waals surface area contributed by atoms with Crippen molar-refractivity contribution in [1.82, 2.24) is 0 Å². The minimum Gasteiger partial charge on any atom is -0.433 e. The summed E-state index contributed by atoms with van der Waals surface area (Å²) in [7, 11) is 0. The van der Waals surface area contributed by atoms with E-state index in [-0.39, 0.29) is 10.0 Å². The summed E-state index contributed by atoms with van der Waals surface area (Å²) in [6, 6.07) is 1.63. The fourth-order valence-corrected chi connectivity index (χ4v) is 2.01. The van der Waals surface area contributed by atoms with Gasteiger partial charge in [0, 0.05) is 4.90 Å². The van der Waals surface area contributed by atoms with E-state index in [4.69, 9.17) is 23.2 Å². The molecule has 1 aromatic carbocycles. The quantitative estimate of drug-likeness (QED) is 0.560. The molecule has 1 aromatic rings. The van der Waals surface area contributed by atoms with E-state index in [0.717, 1.165) is 12.1 Å². The number of thioether (sulfide) groups is 1. The van der Waals surface area contributed by atoms with Gasteiger partial charge in [-0.25, -0.2) is 0 Å². The predicted octanol–water partition coefficient (Wildman–Crippen LogP) is 5.21. The van der Waals surface area contributed by atoms with Crippen molar-refractivity contribution in [2.24, 2.45) is 0 Å². The van der Waals surface area contributed by atoms with Gasteiger partial charge in [-0.15, -0.1) is 0 Å². The van der Waals surface area contributed by atoms with Crippen LogP contribution in [-0.4, -0.2) is 12.1 Å². The third-order valence-corrected chi connectivity index (χ3v) is 2.94. The zero-order chi connectivity index (χ0) is 13.2. The highest BCUT2D eigenvalue weighted by Gasteiger charge is 2.31. The number of hydrogen-bond acceptors (Lipinski definition) is 2. The van der Waals surface area contributed by atoms with Crippen molar-refractivity contribution >= 4 is 35.0 Å². The van der Waals surface area contributed by atoms with E-state index in [2.05, 4.69) is 4.74 Å². The normalized spacial score (nSPS) is 12.0. The molecule has 0 radical (unpaired) electrons. The molecule has 0 atom stereocenters.